The number of nitrogens with one attached hydrogen (secondary N) is 1. The van der Waals surface area contributed by atoms with E-state index >= 15 is 0 Å². The van der Waals surface area contributed by atoms with Crippen LogP contribution in [0.3, 0.4) is 0 Å². The number of hydrogen-bond acceptors (Lipinski definition) is 7. The third-order valence-corrected chi connectivity index (χ3v) is 4.24. The summed E-state index contributed by atoms with van der Waals surface area (Å²) >= 11 is 11.8. The van der Waals surface area contributed by atoms with E-state index in [4.69, 9.17) is 37.4 Å². The van der Waals surface area contributed by atoms with E-state index in [1.807, 2.05) is 0 Å². The number of carbonyl (C=O) groups is 2. The molecule has 9 nitrogen and oxygen atoms in total. The van der Waals surface area contributed by atoms with E-state index in [0.717, 1.165) is 12.1 Å². The molecule has 0 aliphatic carbocycles. The van der Waals surface area contributed by atoms with E-state index in [1.54, 1.807) is 12.1 Å². The standard InChI is InChI=1S/C19H16Cl2N2O7/c1-28-16-8-11(7-14(21)19(16)29-2)3-6-18(25)30-10-17(24)22-12-4-5-13(20)15(9-12)23(26)27/h3-9H,10H2,1-2H3,(H,22,24)/b6-3+. The van der Waals surface area contributed by atoms with Gasteiger partial charge in [-0.3, -0.25) is 14.9 Å². The van der Waals surface area contributed by atoms with E-state index in [-0.39, 0.29) is 16.4 Å². The summed E-state index contributed by atoms with van der Waals surface area (Å²) in [4.78, 5) is 33.9. The molecule has 2 aromatic rings. The van der Waals surface area contributed by atoms with Gasteiger partial charge in [-0.2, -0.15) is 0 Å². The van der Waals surface area contributed by atoms with Crippen molar-refractivity contribution in [2.45, 2.75) is 0 Å². The van der Waals surface area contributed by atoms with Gasteiger partial charge in [0.2, 0.25) is 0 Å². The van der Waals surface area contributed by atoms with Crippen LogP contribution < -0.4 is 14.8 Å². The fourth-order valence-electron chi connectivity index (χ4n) is 2.31. The molecule has 0 saturated carbocycles. The summed E-state index contributed by atoms with van der Waals surface area (Å²) in [6.07, 6.45) is 2.54. The molecule has 0 fully saturated rings. The van der Waals surface area contributed by atoms with Crippen LogP contribution >= 0.6 is 23.2 Å². The second-order valence-electron chi connectivity index (χ2n) is 5.65. The van der Waals surface area contributed by atoms with Gasteiger partial charge in [0, 0.05) is 17.8 Å². The Morgan fingerprint density at radius 2 is 1.87 bits per heavy atom. The lowest BCUT2D eigenvalue weighted by molar-refractivity contribution is -0.384. The molecule has 1 amide bonds. The van der Waals surface area contributed by atoms with Crippen LogP contribution in [-0.4, -0.2) is 37.6 Å². The van der Waals surface area contributed by atoms with E-state index in [9.17, 15) is 19.7 Å². The molecule has 30 heavy (non-hydrogen) atoms. The lowest BCUT2D eigenvalue weighted by Crippen LogP contribution is -2.20. The van der Waals surface area contributed by atoms with Crippen molar-refractivity contribution in [2.75, 3.05) is 26.1 Å². The number of ether oxygens (including phenoxy) is 3. The zero-order valence-corrected chi connectivity index (χ0v) is 17.3. The zero-order chi connectivity index (χ0) is 22.3. The molecular formula is C19H16Cl2N2O7. The molecule has 0 spiro atoms. The average molecular weight is 455 g/mol. The van der Waals surface area contributed by atoms with Gasteiger partial charge in [-0.15, -0.1) is 0 Å². The minimum atomic E-state index is -0.779. The Bertz CT molecular complexity index is 1010. The molecule has 0 atom stereocenters. The Labute approximate surface area is 181 Å². The van der Waals surface area contributed by atoms with E-state index in [1.165, 1.54) is 32.4 Å². The van der Waals surface area contributed by atoms with Crippen molar-refractivity contribution in [3.05, 3.63) is 62.1 Å². The maximum Gasteiger partial charge on any atom is 0.331 e. The highest BCUT2D eigenvalue weighted by molar-refractivity contribution is 6.33. The lowest BCUT2D eigenvalue weighted by atomic mass is 10.2. The lowest BCUT2D eigenvalue weighted by Gasteiger charge is -2.10. The van der Waals surface area contributed by atoms with E-state index in [0.29, 0.717) is 22.1 Å². The van der Waals surface area contributed by atoms with Crippen LogP contribution in [0.15, 0.2) is 36.4 Å². The minimum absolute atomic E-state index is 0.0650. The molecule has 1 N–H and O–H groups in total. The van der Waals surface area contributed by atoms with Crippen LogP contribution in [0.25, 0.3) is 6.08 Å². The molecule has 0 saturated heterocycles. The quantitative estimate of drug-likeness (QED) is 0.276. The molecule has 0 aliphatic rings. The van der Waals surface area contributed by atoms with Gasteiger partial charge in [0.05, 0.1) is 24.2 Å². The highest BCUT2D eigenvalue weighted by Crippen LogP contribution is 2.36. The maximum absolute atomic E-state index is 11.9. The average Bonchev–Trinajstić information content (AvgIpc) is 2.71. The molecule has 0 unspecified atom stereocenters. The summed E-state index contributed by atoms with van der Waals surface area (Å²) in [6.45, 7) is -0.591. The van der Waals surface area contributed by atoms with Crippen molar-refractivity contribution in [1.29, 1.82) is 0 Å². The van der Waals surface area contributed by atoms with Crippen molar-refractivity contribution >= 4 is 52.5 Å². The Kier molecular flexibility index (Phi) is 8.02. The Morgan fingerprint density at radius 3 is 2.50 bits per heavy atom. The molecule has 2 rings (SSSR count). The van der Waals surface area contributed by atoms with Crippen LogP contribution in [0.5, 0.6) is 11.5 Å². The molecule has 11 heteroatoms. The zero-order valence-electron chi connectivity index (χ0n) is 15.8. The third kappa shape index (κ3) is 6.10. The van der Waals surface area contributed by atoms with Crippen LogP contribution in [0.4, 0.5) is 11.4 Å². The Hall–Kier alpha value is -3.30. The number of esters is 1. The molecule has 0 radical (unpaired) electrons. The van der Waals surface area contributed by atoms with Gasteiger partial charge in [-0.25, -0.2) is 4.79 Å². The minimum Gasteiger partial charge on any atom is -0.493 e. The number of rotatable bonds is 8. The number of nitro groups is 1. The molecule has 0 bridgehead atoms. The second-order valence-corrected chi connectivity index (χ2v) is 6.47. The Morgan fingerprint density at radius 1 is 1.13 bits per heavy atom. The smallest absolute Gasteiger partial charge is 0.331 e. The summed E-state index contributed by atoms with van der Waals surface area (Å²) < 4.78 is 15.1. The number of methoxy groups -OCH3 is 2. The van der Waals surface area contributed by atoms with E-state index in [2.05, 4.69) is 5.32 Å². The maximum atomic E-state index is 11.9. The molecule has 0 heterocycles. The van der Waals surface area contributed by atoms with Gasteiger partial charge < -0.3 is 19.5 Å². The molecule has 2 aromatic carbocycles. The first kappa shape index (κ1) is 23.0. The summed E-state index contributed by atoms with van der Waals surface area (Å²) in [5.74, 6) is -0.715. The summed E-state index contributed by atoms with van der Waals surface area (Å²) in [5.41, 5.74) is 0.332. The molecular weight excluding hydrogens is 439 g/mol. The van der Waals surface area contributed by atoms with Gasteiger partial charge >= 0.3 is 5.97 Å². The number of anilines is 1. The first-order chi connectivity index (χ1) is 14.2. The van der Waals surface area contributed by atoms with E-state index < -0.39 is 23.4 Å². The van der Waals surface area contributed by atoms with Crippen molar-refractivity contribution in [1.82, 2.24) is 0 Å². The first-order valence-electron chi connectivity index (χ1n) is 8.25. The summed E-state index contributed by atoms with van der Waals surface area (Å²) in [6, 6.07) is 6.93. The van der Waals surface area contributed by atoms with Crippen molar-refractivity contribution < 1.29 is 28.7 Å². The summed E-state index contributed by atoms with van der Waals surface area (Å²) in [7, 11) is 2.90. The largest absolute Gasteiger partial charge is 0.493 e. The van der Waals surface area contributed by atoms with Crippen molar-refractivity contribution in [3.63, 3.8) is 0 Å². The third-order valence-electron chi connectivity index (χ3n) is 3.64. The normalized spacial score (nSPS) is 10.5. The monoisotopic (exact) mass is 454 g/mol. The number of halogens is 2. The van der Waals surface area contributed by atoms with Crippen LogP contribution in [-0.2, 0) is 14.3 Å². The highest BCUT2D eigenvalue weighted by Gasteiger charge is 2.14. The van der Waals surface area contributed by atoms with Crippen LogP contribution in [0.2, 0.25) is 10.0 Å². The van der Waals surface area contributed by atoms with Crippen molar-refractivity contribution in [2.24, 2.45) is 0 Å². The van der Waals surface area contributed by atoms with Gasteiger partial charge in [0.15, 0.2) is 18.1 Å². The SMILES string of the molecule is COc1cc(/C=C/C(=O)OCC(=O)Nc2ccc(Cl)c([N+](=O)[O-])c2)cc(Cl)c1OC. The molecule has 0 aliphatic heterocycles. The molecule has 158 valence electrons. The van der Waals surface area contributed by atoms with Crippen LogP contribution in [0, 0.1) is 10.1 Å². The second kappa shape index (κ2) is 10.5. The number of nitro benzene ring substituents is 1. The number of nitrogens with zero attached hydrogens (tertiary/aromatic N) is 1. The summed E-state index contributed by atoms with van der Waals surface area (Å²) in [5, 5.41) is 13.5. The highest BCUT2D eigenvalue weighted by atomic mass is 35.5. The fourth-order valence-corrected chi connectivity index (χ4v) is 2.79. The van der Waals surface area contributed by atoms with Crippen LogP contribution in [0.1, 0.15) is 5.56 Å². The molecule has 0 aromatic heterocycles. The predicted octanol–water partition coefficient (Wildman–Crippen LogP) is 4.11. The van der Waals surface area contributed by atoms with Gasteiger partial charge in [0.1, 0.15) is 5.02 Å². The topological polar surface area (TPSA) is 117 Å². The van der Waals surface area contributed by atoms with Gasteiger partial charge in [-0.05, 0) is 35.9 Å². The Balaban J connectivity index is 1.95. The first-order valence-corrected chi connectivity index (χ1v) is 9.01. The van der Waals surface area contributed by atoms with Gasteiger partial charge in [-0.1, -0.05) is 23.2 Å². The number of hydrogen-bond donors (Lipinski definition) is 1. The number of amides is 1. The fraction of sp³-hybridized carbons (Fsp3) is 0.158. The van der Waals surface area contributed by atoms with Gasteiger partial charge in [0.25, 0.3) is 11.6 Å². The van der Waals surface area contributed by atoms with Crippen molar-refractivity contribution in [3.8, 4) is 11.5 Å². The predicted molar refractivity (Wildman–Crippen MR) is 111 cm³/mol. The number of carbonyl (C=O) groups excluding carboxylic acids is 2. The number of benzene rings is 2.